The van der Waals surface area contributed by atoms with E-state index < -0.39 is 0 Å². The van der Waals surface area contributed by atoms with Crippen LogP contribution in [0, 0.1) is 23.7 Å². The second kappa shape index (κ2) is 2.24. The van der Waals surface area contributed by atoms with Crippen LogP contribution in [0.3, 0.4) is 0 Å². The lowest BCUT2D eigenvalue weighted by atomic mass is 9.80. The Labute approximate surface area is 72.6 Å². The van der Waals surface area contributed by atoms with Crippen molar-refractivity contribution >= 4 is 0 Å². The average Bonchev–Trinajstić information content (AvgIpc) is 2.64. The summed E-state index contributed by atoms with van der Waals surface area (Å²) in [4.78, 5) is 0. The monoisotopic (exact) mass is 168 g/mol. The van der Waals surface area contributed by atoms with Crippen molar-refractivity contribution in [2.24, 2.45) is 23.7 Å². The molecule has 2 heteroatoms. The van der Waals surface area contributed by atoms with E-state index in [0.717, 1.165) is 11.8 Å². The van der Waals surface area contributed by atoms with Crippen molar-refractivity contribution in [3.8, 4) is 0 Å². The molecule has 2 bridgehead atoms. The summed E-state index contributed by atoms with van der Waals surface area (Å²) < 4.78 is 0. The SMILES string of the molecule is OC1CC(O)C2C3CCC(C3)C12. The molecule has 0 radical (unpaired) electrons. The van der Waals surface area contributed by atoms with E-state index in [1.807, 2.05) is 0 Å². The molecule has 3 aliphatic rings. The molecule has 0 aliphatic heterocycles. The summed E-state index contributed by atoms with van der Waals surface area (Å²) >= 11 is 0. The van der Waals surface area contributed by atoms with Gasteiger partial charge in [-0.05, 0) is 49.4 Å². The van der Waals surface area contributed by atoms with Gasteiger partial charge in [0.1, 0.15) is 0 Å². The topological polar surface area (TPSA) is 40.5 Å². The van der Waals surface area contributed by atoms with Gasteiger partial charge in [0, 0.05) is 0 Å². The number of aliphatic hydroxyl groups is 2. The van der Waals surface area contributed by atoms with E-state index in [9.17, 15) is 10.2 Å². The number of hydrogen-bond acceptors (Lipinski definition) is 2. The highest BCUT2D eigenvalue weighted by Gasteiger charge is 2.56. The van der Waals surface area contributed by atoms with Crippen LogP contribution < -0.4 is 0 Å². The molecule has 0 saturated heterocycles. The highest BCUT2D eigenvalue weighted by atomic mass is 16.3. The minimum Gasteiger partial charge on any atom is -0.393 e. The molecule has 68 valence electrons. The van der Waals surface area contributed by atoms with Gasteiger partial charge in [-0.3, -0.25) is 0 Å². The molecule has 3 fully saturated rings. The van der Waals surface area contributed by atoms with Crippen LogP contribution in [-0.2, 0) is 0 Å². The molecule has 0 aromatic heterocycles. The van der Waals surface area contributed by atoms with Crippen LogP contribution in [0.5, 0.6) is 0 Å². The van der Waals surface area contributed by atoms with E-state index in [-0.39, 0.29) is 12.2 Å². The van der Waals surface area contributed by atoms with Gasteiger partial charge in [-0.15, -0.1) is 0 Å². The van der Waals surface area contributed by atoms with Crippen LogP contribution in [0.15, 0.2) is 0 Å². The fourth-order valence-corrected chi connectivity index (χ4v) is 4.08. The van der Waals surface area contributed by atoms with E-state index in [2.05, 4.69) is 0 Å². The van der Waals surface area contributed by atoms with E-state index in [4.69, 9.17) is 0 Å². The van der Waals surface area contributed by atoms with Crippen molar-refractivity contribution in [2.75, 3.05) is 0 Å². The largest absolute Gasteiger partial charge is 0.393 e. The van der Waals surface area contributed by atoms with Crippen LogP contribution in [0.25, 0.3) is 0 Å². The smallest absolute Gasteiger partial charge is 0.0599 e. The van der Waals surface area contributed by atoms with Gasteiger partial charge in [0.2, 0.25) is 0 Å². The molecule has 0 heterocycles. The molecule has 6 unspecified atom stereocenters. The number of aliphatic hydroxyl groups excluding tert-OH is 2. The van der Waals surface area contributed by atoms with Gasteiger partial charge in [0.15, 0.2) is 0 Å². The van der Waals surface area contributed by atoms with Gasteiger partial charge in [0.05, 0.1) is 12.2 Å². The lowest BCUT2D eigenvalue weighted by Gasteiger charge is -2.27. The van der Waals surface area contributed by atoms with Crippen molar-refractivity contribution in [1.82, 2.24) is 0 Å². The molecule has 2 N–H and O–H groups in total. The van der Waals surface area contributed by atoms with Crippen molar-refractivity contribution in [3.05, 3.63) is 0 Å². The van der Waals surface area contributed by atoms with Crippen molar-refractivity contribution < 1.29 is 10.2 Å². The van der Waals surface area contributed by atoms with Crippen LogP contribution in [0.1, 0.15) is 25.7 Å². The maximum Gasteiger partial charge on any atom is 0.0599 e. The molecule has 2 nitrogen and oxygen atoms in total. The maximum absolute atomic E-state index is 9.73. The van der Waals surface area contributed by atoms with Crippen molar-refractivity contribution in [1.29, 1.82) is 0 Å². The Morgan fingerprint density at radius 3 is 1.75 bits per heavy atom. The van der Waals surface area contributed by atoms with E-state index in [1.54, 1.807) is 0 Å². The predicted molar refractivity (Wildman–Crippen MR) is 44.4 cm³/mol. The molecular weight excluding hydrogens is 152 g/mol. The highest BCUT2D eigenvalue weighted by Crippen LogP contribution is 2.58. The average molecular weight is 168 g/mol. The zero-order valence-electron chi connectivity index (χ0n) is 7.19. The molecule has 0 aromatic carbocycles. The Hall–Kier alpha value is -0.0800. The first-order valence-corrected chi connectivity index (χ1v) is 5.13. The molecule has 0 aromatic rings. The molecule has 0 spiro atoms. The number of fused-ring (bicyclic) bond motifs is 5. The van der Waals surface area contributed by atoms with E-state index >= 15 is 0 Å². The molecule has 12 heavy (non-hydrogen) atoms. The third-order valence-corrected chi connectivity index (χ3v) is 4.42. The van der Waals surface area contributed by atoms with Crippen molar-refractivity contribution in [2.45, 2.75) is 37.9 Å². The Balaban J connectivity index is 1.92. The quantitative estimate of drug-likeness (QED) is 0.561. The van der Waals surface area contributed by atoms with Gasteiger partial charge in [-0.2, -0.15) is 0 Å². The van der Waals surface area contributed by atoms with Crippen LogP contribution in [0.4, 0.5) is 0 Å². The minimum absolute atomic E-state index is 0.194. The molecule has 3 saturated carbocycles. The van der Waals surface area contributed by atoms with Crippen LogP contribution in [-0.4, -0.2) is 22.4 Å². The Morgan fingerprint density at radius 1 is 0.750 bits per heavy atom. The van der Waals surface area contributed by atoms with Crippen molar-refractivity contribution in [3.63, 3.8) is 0 Å². The summed E-state index contributed by atoms with van der Waals surface area (Å²) in [6, 6.07) is 0. The summed E-state index contributed by atoms with van der Waals surface area (Å²) in [5, 5.41) is 19.5. The first-order valence-electron chi connectivity index (χ1n) is 5.13. The third kappa shape index (κ3) is 0.728. The summed E-state index contributed by atoms with van der Waals surface area (Å²) in [5.74, 6) is 2.40. The standard InChI is InChI=1S/C10H16O2/c11-7-4-8(12)10-6-2-1-5(3-6)9(7)10/h5-12H,1-4H2. The zero-order valence-corrected chi connectivity index (χ0v) is 7.19. The molecule has 3 aliphatic carbocycles. The maximum atomic E-state index is 9.73. The molecule has 6 atom stereocenters. The summed E-state index contributed by atoms with van der Waals surface area (Å²) in [5.41, 5.74) is 0. The van der Waals surface area contributed by atoms with Gasteiger partial charge >= 0.3 is 0 Å². The van der Waals surface area contributed by atoms with E-state index in [0.29, 0.717) is 18.3 Å². The number of rotatable bonds is 0. The first-order chi connectivity index (χ1) is 5.77. The molecule has 0 amide bonds. The second-order valence-electron chi connectivity index (χ2n) is 4.86. The lowest BCUT2D eigenvalue weighted by molar-refractivity contribution is 0.0751. The predicted octanol–water partition coefficient (Wildman–Crippen LogP) is 0.774. The fraction of sp³-hybridized carbons (Fsp3) is 1.00. The molecule has 3 rings (SSSR count). The van der Waals surface area contributed by atoms with Crippen LogP contribution >= 0.6 is 0 Å². The Bertz CT molecular complexity index is 184. The van der Waals surface area contributed by atoms with E-state index in [1.165, 1.54) is 19.3 Å². The molecular formula is C10H16O2. The van der Waals surface area contributed by atoms with Gasteiger partial charge in [-0.1, -0.05) is 0 Å². The second-order valence-corrected chi connectivity index (χ2v) is 4.86. The first kappa shape index (κ1) is 7.34. The van der Waals surface area contributed by atoms with Gasteiger partial charge < -0.3 is 10.2 Å². The zero-order chi connectivity index (χ0) is 8.29. The Kier molecular flexibility index (Phi) is 1.37. The van der Waals surface area contributed by atoms with Gasteiger partial charge in [0.25, 0.3) is 0 Å². The Morgan fingerprint density at radius 2 is 1.25 bits per heavy atom. The summed E-state index contributed by atoms with van der Waals surface area (Å²) in [6.07, 6.45) is 4.14. The number of hydrogen-bond donors (Lipinski definition) is 2. The highest BCUT2D eigenvalue weighted by molar-refractivity contribution is 5.06. The normalized spacial score (nSPS) is 62.5. The third-order valence-electron chi connectivity index (χ3n) is 4.42. The fourth-order valence-electron chi connectivity index (χ4n) is 4.08. The minimum atomic E-state index is -0.194. The lowest BCUT2D eigenvalue weighted by Crippen LogP contribution is -2.27. The van der Waals surface area contributed by atoms with Gasteiger partial charge in [-0.25, -0.2) is 0 Å². The van der Waals surface area contributed by atoms with Crippen LogP contribution in [0.2, 0.25) is 0 Å². The summed E-state index contributed by atoms with van der Waals surface area (Å²) in [6.45, 7) is 0. The summed E-state index contributed by atoms with van der Waals surface area (Å²) in [7, 11) is 0.